The zero-order chi connectivity index (χ0) is 41.3. The Morgan fingerprint density at radius 1 is 0.304 bits per heavy atom. The second kappa shape index (κ2) is 40.9. The topological polar surface area (TPSA) is 163 Å². The average Bonchev–Trinajstić information content (AvgIpc) is 3.12. The molecule has 18 heteroatoms. The molecular formula is C38H74O16S2. The molecule has 0 amide bonds. The summed E-state index contributed by atoms with van der Waals surface area (Å²) >= 11 is 0. The van der Waals surface area contributed by atoms with Gasteiger partial charge >= 0.3 is 11.9 Å². The van der Waals surface area contributed by atoms with Crippen LogP contribution in [-0.4, -0.2) is 193 Å². The minimum absolute atomic E-state index is 0.231. The Bertz CT molecular complexity index is 793. The molecule has 0 aliphatic rings. The first-order chi connectivity index (χ1) is 27.0. The summed E-state index contributed by atoms with van der Waals surface area (Å²) in [6.45, 7) is 22.8. The fraction of sp³-hybridized carbons (Fsp3) is 0.947. The molecule has 56 heavy (non-hydrogen) atoms. The molecule has 0 fully saturated rings. The lowest BCUT2D eigenvalue weighted by molar-refractivity contribution is -0.157. The molecule has 0 aliphatic heterocycles. The summed E-state index contributed by atoms with van der Waals surface area (Å²) < 4.78 is 76.2. The number of hydrogen-bond acceptors (Lipinski definition) is 18. The van der Waals surface area contributed by atoms with E-state index in [1.54, 1.807) is 21.6 Å². The highest BCUT2D eigenvalue weighted by atomic mass is 33.1. The first-order valence-electron chi connectivity index (χ1n) is 19.6. The van der Waals surface area contributed by atoms with Crippen LogP contribution < -0.4 is 0 Å². The maximum atomic E-state index is 11.6. The van der Waals surface area contributed by atoms with E-state index in [1.807, 2.05) is 41.5 Å². The van der Waals surface area contributed by atoms with E-state index >= 15 is 0 Å². The summed E-state index contributed by atoms with van der Waals surface area (Å²) in [6.07, 6.45) is 0.462. The van der Waals surface area contributed by atoms with Gasteiger partial charge in [0.15, 0.2) is 0 Å². The van der Waals surface area contributed by atoms with Crippen LogP contribution in [0.15, 0.2) is 0 Å². The molecule has 0 aromatic heterocycles. The third-order valence-corrected chi connectivity index (χ3v) is 8.50. The Balaban J connectivity index is 3.13. The fourth-order valence-corrected chi connectivity index (χ4v) is 5.53. The van der Waals surface area contributed by atoms with Gasteiger partial charge in [-0.3, -0.25) is 9.59 Å². The van der Waals surface area contributed by atoms with Crippen LogP contribution in [0.1, 0.15) is 54.4 Å². The van der Waals surface area contributed by atoms with E-state index < -0.39 is 11.2 Å². The highest BCUT2D eigenvalue weighted by Crippen LogP contribution is 2.20. The number of carbonyl (C=O) groups is 2. The van der Waals surface area contributed by atoms with Crippen LogP contribution in [0.25, 0.3) is 0 Å². The highest BCUT2D eigenvalue weighted by molar-refractivity contribution is 8.76. The van der Waals surface area contributed by atoms with Gasteiger partial charge in [-0.2, -0.15) is 0 Å². The van der Waals surface area contributed by atoms with E-state index in [2.05, 4.69) is 0 Å². The van der Waals surface area contributed by atoms with Crippen molar-refractivity contribution in [3.8, 4) is 0 Å². The number of hydrogen-bond donors (Lipinski definition) is 0. The van der Waals surface area contributed by atoms with Crippen LogP contribution in [0.2, 0.25) is 0 Å². The predicted octanol–water partition coefficient (Wildman–Crippen LogP) is 4.03. The summed E-state index contributed by atoms with van der Waals surface area (Å²) in [4.78, 5) is 23.2. The van der Waals surface area contributed by atoms with Gasteiger partial charge in [-0.05, 0) is 41.5 Å². The number of carbonyl (C=O) groups excluding carboxylic acids is 2. The molecule has 0 rings (SSSR count). The van der Waals surface area contributed by atoms with E-state index in [0.29, 0.717) is 159 Å². The molecular weight excluding hydrogens is 777 g/mol. The molecule has 0 aromatic carbocycles. The van der Waals surface area contributed by atoms with Crippen LogP contribution in [0.4, 0.5) is 0 Å². The van der Waals surface area contributed by atoms with E-state index in [1.165, 1.54) is 0 Å². The summed E-state index contributed by atoms with van der Waals surface area (Å²) in [5.74, 6) is 1.27. The number of rotatable bonds is 43. The molecule has 0 atom stereocenters. The first-order valence-corrected chi connectivity index (χ1v) is 22.1. The van der Waals surface area contributed by atoms with Gasteiger partial charge in [0.2, 0.25) is 0 Å². The predicted molar refractivity (Wildman–Crippen MR) is 216 cm³/mol. The Hall–Kier alpha value is -0.840. The Morgan fingerprint density at radius 2 is 0.482 bits per heavy atom. The highest BCUT2D eigenvalue weighted by Gasteiger charge is 2.16. The van der Waals surface area contributed by atoms with E-state index in [0.717, 1.165) is 11.5 Å². The molecule has 0 aliphatic carbocycles. The lowest BCUT2D eigenvalue weighted by atomic mass is 10.2. The van der Waals surface area contributed by atoms with Gasteiger partial charge in [-0.1, -0.05) is 21.6 Å². The molecule has 16 nitrogen and oxygen atoms in total. The second-order valence-electron chi connectivity index (χ2n) is 13.7. The molecule has 0 unspecified atom stereocenters. The molecule has 0 spiro atoms. The van der Waals surface area contributed by atoms with Crippen molar-refractivity contribution in [1.82, 2.24) is 0 Å². The van der Waals surface area contributed by atoms with Crippen LogP contribution in [0, 0.1) is 0 Å². The van der Waals surface area contributed by atoms with E-state index in [9.17, 15) is 9.59 Å². The Morgan fingerprint density at radius 3 is 0.679 bits per heavy atom. The van der Waals surface area contributed by atoms with Crippen molar-refractivity contribution in [2.24, 2.45) is 0 Å². The maximum absolute atomic E-state index is 11.6. The second-order valence-corrected chi connectivity index (χ2v) is 16.4. The fourth-order valence-electron chi connectivity index (χ4n) is 3.80. The molecule has 0 saturated carbocycles. The van der Waals surface area contributed by atoms with E-state index in [-0.39, 0.29) is 24.8 Å². The lowest BCUT2D eigenvalue weighted by Crippen LogP contribution is -2.24. The summed E-state index contributed by atoms with van der Waals surface area (Å²) in [6, 6.07) is 0. The standard InChI is InChI=1S/C38H74O16S2/c1-37(2,3)53-35(39)7-9-41-11-13-43-15-17-45-19-21-47-23-25-49-27-29-51-31-33-55-56-34-32-52-30-28-50-26-24-48-22-20-46-18-16-44-14-12-42-10-8-36(40)54-38(4,5)6/h7-34H2,1-6H3. The van der Waals surface area contributed by atoms with Crippen molar-refractivity contribution in [3.63, 3.8) is 0 Å². The molecule has 0 N–H and O–H groups in total. The van der Waals surface area contributed by atoms with Gasteiger partial charge in [0.1, 0.15) is 11.2 Å². The van der Waals surface area contributed by atoms with Crippen molar-refractivity contribution < 1.29 is 75.9 Å². The van der Waals surface area contributed by atoms with Crippen LogP contribution in [0.3, 0.4) is 0 Å². The Labute approximate surface area is 344 Å². The molecule has 0 aromatic rings. The van der Waals surface area contributed by atoms with Crippen LogP contribution in [-0.2, 0) is 75.9 Å². The minimum Gasteiger partial charge on any atom is -0.460 e. The van der Waals surface area contributed by atoms with Crippen molar-refractivity contribution in [3.05, 3.63) is 0 Å². The Kier molecular flexibility index (Phi) is 40.3. The van der Waals surface area contributed by atoms with Gasteiger partial charge in [-0.25, -0.2) is 0 Å². The molecule has 0 radical (unpaired) electrons. The van der Waals surface area contributed by atoms with Gasteiger partial charge in [0.05, 0.1) is 171 Å². The van der Waals surface area contributed by atoms with Gasteiger partial charge < -0.3 is 66.3 Å². The monoisotopic (exact) mass is 850 g/mol. The molecule has 0 heterocycles. The SMILES string of the molecule is CC(C)(C)OC(=O)CCOCCOCCOCCOCCOCCOCCSSCCOCCOCCOCCOCCOCCOCCC(=O)OC(C)(C)C. The van der Waals surface area contributed by atoms with Gasteiger partial charge in [-0.15, -0.1) is 0 Å². The molecule has 334 valence electrons. The van der Waals surface area contributed by atoms with E-state index in [4.69, 9.17) is 66.3 Å². The summed E-state index contributed by atoms with van der Waals surface area (Å²) in [5, 5.41) is 0. The third-order valence-electron chi connectivity index (χ3n) is 6.17. The van der Waals surface area contributed by atoms with Gasteiger partial charge in [0.25, 0.3) is 0 Å². The van der Waals surface area contributed by atoms with Crippen molar-refractivity contribution in [1.29, 1.82) is 0 Å². The summed E-state index contributed by atoms with van der Waals surface area (Å²) in [7, 11) is 3.53. The van der Waals surface area contributed by atoms with Crippen LogP contribution in [0.5, 0.6) is 0 Å². The summed E-state index contributed by atoms with van der Waals surface area (Å²) in [5.41, 5.74) is -0.952. The third kappa shape index (κ3) is 49.3. The van der Waals surface area contributed by atoms with Crippen LogP contribution >= 0.6 is 21.6 Å². The van der Waals surface area contributed by atoms with Gasteiger partial charge in [0, 0.05) is 11.5 Å². The lowest BCUT2D eigenvalue weighted by Gasteiger charge is -2.19. The normalized spacial score (nSPS) is 12.0. The van der Waals surface area contributed by atoms with Crippen molar-refractivity contribution in [2.75, 3.05) is 170 Å². The number of ether oxygens (including phenoxy) is 14. The molecule has 0 saturated heterocycles. The van der Waals surface area contributed by atoms with Crippen molar-refractivity contribution in [2.45, 2.75) is 65.6 Å². The smallest absolute Gasteiger partial charge is 0.308 e. The first kappa shape index (κ1) is 55.2. The maximum Gasteiger partial charge on any atom is 0.308 e. The van der Waals surface area contributed by atoms with Crippen molar-refractivity contribution >= 4 is 33.5 Å². The quantitative estimate of drug-likeness (QED) is 0.0491. The average molecular weight is 851 g/mol. The largest absolute Gasteiger partial charge is 0.460 e. The zero-order valence-corrected chi connectivity index (χ0v) is 36.8. The number of esters is 2. The zero-order valence-electron chi connectivity index (χ0n) is 35.1. The molecule has 0 bridgehead atoms. The minimum atomic E-state index is -0.476.